The number of unbranched alkanes of at least 4 members (excludes halogenated alkanes) is 15. The zero-order valence-electron chi connectivity index (χ0n) is 30.9. The van der Waals surface area contributed by atoms with E-state index < -0.39 is 43.4 Å². The van der Waals surface area contributed by atoms with Gasteiger partial charge < -0.3 is 39.4 Å². The Bertz CT molecular complexity index is 844. The Morgan fingerprint density at radius 3 is 1.78 bits per heavy atom. The zero-order chi connectivity index (χ0) is 35.8. The average Bonchev–Trinajstić information content (AvgIpc) is 3.10. The lowest BCUT2D eigenvalue weighted by Gasteiger charge is -2.39. The highest BCUT2D eigenvalue weighted by Gasteiger charge is 2.44. The Kier molecular flexibility index (Phi) is 30.0. The minimum atomic E-state index is -1.54. The van der Waals surface area contributed by atoms with Gasteiger partial charge in [-0.3, -0.25) is 4.79 Å². The quantitative estimate of drug-likeness (QED) is 0.0318. The Morgan fingerprint density at radius 1 is 0.653 bits per heavy atom. The van der Waals surface area contributed by atoms with E-state index in [1.54, 1.807) is 0 Å². The third kappa shape index (κ3) is 24.3. The lowest BCUT2D eigenvalue weighted by atomic mass is 9.99. The molecule has 6 atom stereocenters. The fraction of sp³-hybridized carbons (Fsp3) is 0.825. The van der Waals surface area contributed by atoms with Crippen molar-refractivity contribution in [2.75, 3.05) is 26.4 Å². The highest BCUT2D eigenvalue weighted by molar-refractivity contribution is 5.69. The van der Waals surface area contributed by atoms with Crippen LogP contribution in [0, 0.1) is 0 Å². The molecule has 9 nitrogen and oxygen atoms in total. The standard InChI is InChI=1S/C40H72O9/c1-3-5-7-9-11-13-15-16-17-18-20-22-24-26-28-30-46-32-34(33-47-40-39(45)38(44)37(43)35(31-41)49-40)48-36(42)29-27-25-23-21-19-14-12-10-8-6-4-2/h9-12,15-16,34-35,37-41,43-45H,3-8,13-14,17-33H2,1-2H3/b11-9-,12-10-,16-15-. The minimum Gasteiger partial charge on any atom is -0.457 e. The molecule has 49 heavy (non-hydrogen) atoms. The summed E-state index contributed by atoms with van der Waals surface area (Å²) in [6, 6.07) is 0. The fourth-order valence-corrected chi connectivity index (χ4v) is 5.60. The van der Waals surface area contributed by atoms with Gasteiger partial charge >= 0.3 is 5.97 Å². The van der Waals surface area contributed by atoms with Crippen LogP contribution in [0.1, 0.15) is 149 Å². The molecule has 9 heteroatoms. The number of hydrogen-bond acceptors (Lipinski definition) is 9. The predicted molar refractivity (Wildman–Crippen MR) is 196 cm³/mol. The molecule has 1 aliphatic heterocycles. The molecular formula is C40H72O9. The first-order valence-corrected chi connectivity index (χ1v) is 19.6. The number of aliphatic hydroxyl groups is 4. The van der Waals surface area contributed by atoms with Crippen molar-refractivity contribution in [2.24, 2.45) is 0 Å². The van der Waals surface area contributed by atoms with Crippen LogP contribution in [0.2, 0.25) is 0 Å². The number of carbonyl (C=O) groups excluding carboxylic acids is 1. The Hall–Kier alpha value is -1.59. The van der Waals surface area contributed by atoms with Gasteiger partial charge in [0.05, 0.1) is 19.8 Å². The monoisotopic (exact) mass is 697 g/mol. The molecule has 0 aromatic carbocycles. The second kappa shape index (κ2) is 32.3. The van der Waals surface area contributed by atoms with Crippen LogP contribution in [0.3, 0.4) is 0 Å². The number of allylic oxidation sites excluding steroid dienone is 6. The van der Waals surface area contributed by atoms with Crippen LogP contribution in [0.4, 0.5) is 0 Å². The molecule has 6 unspecified atom stereocenters. The van der Waals surface area contributed by atoms with Crippen LogP contribution >= 0.6 is 0 Å². The van der Waals surface area contributed by atoms with Crippen molar-refractivity contribution in [3.8, 4) is 0 Å². The lowest BCUT2D eigenvalue weighted by molar-refractivity contribution is -0.305. The topological polar surface area (TPSA) is 135 Å². The van der Waals surface area contributed by atoms with Crippen LogP contribution in [-0.4, -0.2) is 89.6 Å². The fourth-order valence-electron chi connectivity index (χ4n) is 5.60. The first-order chi connectivity index (χ1) is 23.9. The van der Waals surface area contributed by atoms with Gasteiger partial charge in [0.15, 0.2) is 6.29 Å². The van der Waals surface area contributed by atoms with E-state index in [9.17, 15) is 25.2 Å². The number of rotatable bonds is 32. The summed E-state index contributed by atoms with van der Waals surface area (Å²) in [4.78, 5) is 12.7. The SMILES string of the molecule is CCCC/C=C\C/C=C\CCCCCCCCOCC(COC1OC(CO)C(O)C(O)C1O)OC(=O)CCCCCCC/C=C\CCCC. The van der Waals surface area contributed by atoms with Crippen molar-refractivity contribution in [3.63, 3.8) is 0 Å². The van der Waals surface area contributed by atoms with Crippen molar-refractivity contribution in [1.82, 2.24) is 0 Å². The van der Waals surface area contributed by atoms with Gasteiger partial charge in [0.2, 0.25) is 0 Å². The van der Waals surface area contributed by atoms with Gasteiger partial charge in [0, 0.05) is 13.0 Å². The van der Waals surface area contributed by atoms with E-state index in [4.69, 9.17) is 18.9 Å². The second-order valence-corrected chi connectivity index (χ2v) is 13.4. The number of aliphatic hydroxyl groups excluding tert-OH is 4. The summed E-state index contributed by atoms with van der Waals surface area (Å²) < 4.78 is 22.7. The van der Waals surface area contributed by atoms with Crippen LogP contribution in [-0.2, 0) is 23.7 Å². The van der Waals surface area contributed by atoms with Gasteiger partial charge in [0.1, 0.15) is 30.5 Å². The average molecular weight is 697 g/mol. The molecule has 1 aliphatic rings. The van der Waals surface area contributed by atoms with E-state index in [2.05, 4.69) is 50.3 Å². The summed E-state index contributed by atoms with van der Waals surface area (Å²) in [5, 5.41) is 39.9. The first-order valence-electron chi connectivity index (χ1n) is 19.6. The van der Waals surface area contributed by atoms with Crippen molar-refractivity contribution in [3.05, 3.63) is 36.5 Å². The van der Waals surface area contributed by atoms with Crippen LogP contribution < -0.4 is 0 Å². The smallest absolute Gasteiger partial charge is 0.306 e. The molecular weight excluding hydrogens is 624 g/mol. The summed E-state index contributed by atoms with van der Waals surface area (Å²) in [5.41, 5.74) is 0. The van der Waals surface area contributed by atoms with E-state index >= 15 is 0 Å². The zero-order valence-corrected chi connectivity index (χ0v) is 30.9. The molecule has 1 heterocycles. The molecule has 0 aliphatic carbocycles. The van der Waals surface area contributed by atoms with Gasteiger partial charge in [-0.05, 0) is 57.8 Å². The van der Waals surface area contributed by atoms with Crippen molar-refractivity contribution < 1.29 is 44.2 Å². The van der Waals surface area contributed by atoms with E-state index in [1.165, 1.54) is 51.4 Å². The number of ether oxygens (including phenoxy) is 4. The van der Waals surface area contributed by atoms with Crippen LogP contribution in [0.15, 0.2) is 36.5 Å². The van der Waals surface area contributed by atoms with Gasteiger partial charge in [-0.2, -0.15) is 0 Å². The molecule has 0 bridgehead atoms. The van der Waals surface area contributed by atoms with Crippen molar-refractivity contribution in [2.45, 2.75) is 185 Å². The van der Waals surface area contributed by atoms with Gasteiger partial charge in [-0.15, -0.1) is 0 Å². The lowest BCUT2D eigenvalue weighted by Crippen LogP contribution is -2.59. The third-order valence-corrected chi connectivity index (χ3v) is 8.78. The minimum absolute atomic E-state index is 0.121. The van der Waals surface area contributed by atoms with E-state index in [0.717, 1.165) is 77.0 Å². The molecule has 1 saturated heterocycles. The Labute approximate surface area is 298 Å². The summed E-state index contributed by atoms with van der Waals surface area (Å²) >= 11 is 0. The maximum absolute atomic E-state index is 12.7. The Morgan fingerprint density at radius 2 is 1.18 bits per heavy atom. The van der Waals surface area contributed by atoms with Crippen LogP contribution in [0.5, 0.6) is 0 Å². The van der Waals surface area contributed by atoms with Crippen LogP contribution in [0.25, 0.3) is 0 Å². The van der Waals surface area contributed by atoms with E-state index in [-0.39, 0.29) is 19.2 Å². The number of carbonyl (C=O) groups is 1. The highest BCUT2D eigenvalue weighted by atomic mass is 16.7. The van der Waals surface area contributed by atoms with Crippen molar-refractivity contribution >= 4 is 5.97 Å². The molecule has 1 rings (SSSR count). The third-order valence-electron chi connectivity index (χ3n) is 8.78. The molecule has 0 radical (unpaired) electrons. The van der Waals surface area contributed by atoms with Gasteiger partial charge in [-0.1, -0.05) is 121 Å². The maximum atomic E-state index is 12.7. The van der Waals surface area contributed by atoms with Crippen molar-refractivity contribution in [1.29, 1.82) is 0 Å². The number of hydrogen-bond donors (Lipinski definition) is 4. The molecule has 0 aromatic heterocycles. The Balaban J connectivity index is 2.33. The van der Waals surface area contributed by atoms with E-state index in [0.29, 0.717) is 13.0 Å². The largest absolute Gasteiger partial charge is 0.457 e. The molecule has 286 valence electrons. The summed E-state index contributed by atoms with van der Waals surface area (Å²) in [7, 11) is 0. The van der Waals surface area contributed by atoms with Gasteiger partial charge in [0.25, 0.3) is 0 Å². The predicted octanol–water partition coefficient (Wildman–Crippen LogP) is 7.63. The summed E-state index contributed by atoms with van der Waals surface area (Å²) in [6.07, 6.45) is 28.8. The van der Waals surface area contributed by atoms with Gasteiger partial charge in [-0.25, -0.2) is 0 Å². The number of esters is 1. The summed E-state index contributed by atoms with van der Waals surface area (Å²) in [5.74, 6) is -0.330. The molecule has 0 amide bonds. The summed E-state index contributed by atoms with van der Waals surface area (Å²) in [6.45, 7) is 4.43. The molecule has 1 fully saturated rings. The maximum Gasteiger partial charge on any atom is 0.306 e. The molecule has 0 spiro atoms. The molecule has 0 aromatic rings. The molecule has 0 saturated carbocycles. The second-order valence-electron chi connectivity index (χ2n) is 13.4. The highest BCUT2D eigenvalue weighted by Crippen LogP contribution is 2.22. The first kappa shape index (κ1) is 45.4. The van der Waals surface area contributed by atoms with E-state index in [1.807, 2.05) is 0 Å². The molecule has 4 N–H and O–H groups in total. The normalized spacial score (nSPS) is 22.1.